The fourth-order valence-corrected chi connectivity index (χ4v) is 11.2. The van der Waals surface area contributed by atoms with Crippen LogP contribution in [0.2, 0.25) is 0 Å². The Balaban J connectivity index is 0.999. The lowest BCUT2D eigenvalue weighted by molar-refractivity contribution is 0.660. The number of fused-ring (bicyclic) bond motifs is 12. The van der Waals surface area contributed by atoms with E-state index in [4.69, 9.17) is 0 Å². The van der Waals surface area contributed by atoms with Gasteiger partial charge in [-0.15, -0.1) is 0 Å². The van der Waals surface area contributed by atoms with Gasteiger partial charge >= 0.3 is 0 Å². The second-order valence-electron chi connectivity index (χ2n) is 17.1. The van der Waals surface area contributed by atoms with E-state index in [0.29, 0.717) is 0 Å². The molecule has 1 spiro atoms. The Morgan fingerprint density at radius 2 is 0.915 bits per heavy atom. The van der Waals surface area contributed by atoms with Gasteiger partial charge in [0.2, 0.25) is 0 Å². The van der Waals surface area contributed by atoms with Gasteiger partial charge in [-0.3, -0.25) is 0 Å². The molecule has 8 aromatic carbocycles. The molecule has 0 atom stereocenters. The van der Waals surface area contributed by atoms with Crippen molar-refractivity contribution in [3.8, 4) is 44.5 Å². The van der Waals surface area contributed by atoms with E-state index < -0.39 is 0 Å². The first-order valence-electron chi connectivity index (χ1n) is 21.1. The van der Waals surface area contributed by atoms with Gasteiger partial charge in [0.15, 0.2) is 0 Å². The number of allylic oxidation sites excluding steroid dienone is 4. The van der Waals surface area contributed by atoms with Crippen LogP contribution in [0.5, 0.6) is 0 Å². The van der Waals surface area contributed by atoms with Gasteiger partial charge in [0.05, 0.1) is 5.41 Å². The largest absolute Gasteiger partial charge is 0.310 e. The van der Waals surface area contributed by atoms with E-state index >= 15 is 0 Å². The van der Waals surface area contributed by atoms with Crippen molar-refractivity contribution in [1.29, 1.82) is 0 Å². The van der Waals surface area contributed by atoms with Crippen LogP contribution in [0, 0.1) is 0 Å². The Hall–Kier alpha value is -6.96. The Labute approximate surface area is 347 Å². The average Bonchev–Trinajstić information content (AvgIpc) is 3.86. The maximum absolute atomic E-state index is 2.43. The molecule has 0 N–H and O–H groups in total. The summed E-state index contributed by atoms with van der Waals surface area (Å²) in [5.74, 6) is 0. The van der Waals surface area contributed by atoms with E-state index in [1.54, 1.807) is 5.57 Å². The van der Waals surface area contributed by atoms with Gasteiger partial charge in [-0.25, -0.2) is 0 Å². The first-order valence-corrected chi connectivity index (χ1v) is 21.1. The van der Waals surface area contributed by atoms with Crippen molar-refractivity contribution in [2.24, 2.45) is 0 Å². The number of nitrogens with zero attached hydrogens (tertiary/aromatic N) is 1. The third-order valence-corrected chi connectivity index (χ3v) is 13.8. The van der Waals surface area contributed by atoms with Gasteiger partial charge in [0, 0.05) is 22.5 Å². The first kappa shape index (κ1) is 34.1. The van der Waals surface area contributed by atoms with E-state index in [0.717, 1.165) is 29.9 Å². The summed E-state index contributed by atoms with van der Waals surface area (Å²) in [6.45, 7) is 4.73. The van der Waals surface area contributed by atoms with Crippen molar-refractivity contribution in [2.75, 3.05) is 4.90 Å². The topological polar surface area (TPSA) is 3.24 Å². The Bertz CT molecular complexity index is 3000. The number of benzene rings is 8. The third kappa shape index (κ3) is 4.79. The molecule has 4 aliphatic carbocycles. The first-order chi connectivity index (χ1) is 29.0. The van der Waals surface area contributed by atoms with Crippen LogP contribution in [0.4, 0.5) is 17.1 Å². The molecular formula is C58H43N. The monoisotopic (exact) mass is 753 g/mol. The summed E-state index contributed by atoms with van der Waals surface area (Å²) < 4.78 is 0. The maximum atomic E-state index is 2.43. The summed E-state index contributed by atoms with van der Waals surface area (Å²) in [7, 11) is 0. The molecule has 0 aromatic heterocycles. The van der Waals surface area contributed by atoms with Crippen molar-refractivity contribution in [2.45, 2.75) is 37.5 Å². The van der Waals surface area contributed by atoms with Gasteiger partial charge in [-0.2, -0.15) is 0 Å². The van der Waals surface area contributed by atoms with E-state index in [9.17, 15) is 0 Å². The molecular weight excluding hydrogens is 711 g/mol. The lowest BCUT2D eigenvalue weighted by Crippen LogP contribution is -2.27. The number of hydrogen-bond donors (Lipinski definition) is 0. The van der Waals surface area contributed by atoms with Gasteiger partial charge in [0.25, 0.3) is 0 Å². The molecule has 4 aliphatic rings. The quantitative estimate of drug-likeness (QED) is 0.169. The maximum Gasteiger partial charge on any atom is 0.0688 e. The lowest BCUT2D eigenvalue weighted by Gasteiger charge is -2.33. The normalized spacial score (nSPS) is 15.6. The highest BCUT2D eigenvalue weighted by Gasteiger charge is 2.53. The summed E-state index contributed by atoms with van der Waals surface area (Å²) in [6, 6.07) is 70.3. The van der Waals surface area contributed by atoms with Crippen LogP contribution >= 0.6 is 0 Å². The predicted molar refractivity (Wildman–Crippen MR) is 247 cm³/mol. The zero-order chi connectivity index (χ0) is 39.3. The molecule has 1 nitrogen and oxygen atoms in total. The van der Waals surface area contributed by atoms with Crippen LogP contribution in [0.1, 0.15) is 60.1 Å². The minimum Gasteiger partial charge on any atom is -0.310 e. The average molecular weight is 754 g/mol. The predicted octanol–water partition coefficient (Wildman–Crippen LogP) is 15.2. The second-order valence-corrected chi connectivity index (χ2v) is 17.1. The number of hydrogen-bond acceptors (Lipinski definition) is 1. The molecule has 0 heterocycles. The molecule has 8 aromatic rings. The standard InChI is InChI=1S/C58H43N/c1-57(2)50-22-10-6-17-45(50)48-36-35-43(37-55(48)57)59(41-31-27-39(28-32-41)38-15-4-3-5-16-38)42-33-29-40(30-34-42)44-21-14-26-54-56(44)49-20-9-13-25-53(49)58(54)51-23-11-7-18-46(51)47-19-8-12-24-52(47)58/h3-12,14-24,26-37H,13,25H2,1-2H3. The Morgan fingerprint density at radius 1 is 0.407 bits per heavy atom. The summed E-state index contributed by atoms with van der Waals surface area (Å²) in [4.78, 5) is 2.43. The van der Waals surface area contributed by atoms with Gasteiger partial charge in [0.1, 0.15) is 0 Å². The molecule has 0 bridgehead atoms. The molecule has 12 rings (SSSR count). The second kappa shape index (κ2) is 12.8. The number of anilines is 3. The fraction of sp³-hybridized carbons (Fsp3) is 0.103. The van der Waals surface area contributed by atoms with Crippen LogP contribution in [-0.2, 0) is 10.8 Å². The number of rotatable bonds is 5. The van der Waals surface area contributed by atoms with Crippen molar-refractivity contribution >= 4 is 22.6 Å². The molecule has 0 amide bonds. The molecule has 0 saturated carbocycles. The van der Waals surface area contributed by atoms with Crippen molar-refractivity contribution < 1.29 is 0 Å². The molecule has 0 fully saturated rings. The van der Waals surface area contributed by atoms with Crippen molar-refractivity contribution in [1.82, 2.24) is 0 Å². The molecule has 59 heavy (non-hydrogen) atoms. The minimum atomic E-state index is -0.276. The van der Waals surface area contributed by atoms with E-state index in [1.807, 2.05) is 0 Å². The zero-order valence-electron chi connectivity index (χ0n) is 33.4. The van der Waals surface area contributed by atoms with Crippen LogP contribution in [0.25, 0.3) is 50.1 Å². The van der Waals surface area contributed by atoms with Gasteiger partial charge < -0.3 is 4.90 Å². The molecule has 280 valence electrons. The summed E-state index contributed by atoms with van der Waals surface area (Å²) in [5.41, 5.74) is 24.8. The lowest BCUT2D eigenvalue weighted by atomic mass is 9.68. The van der Waals surface area contributed by atoms with Crippen LogP contribution in [-0.4, -0.2) is 0 Å². The summed E-state index contributed by atoms with van der Waals surface area (Å²) in [5, 5.41) is 0. The van der Waals surface area contributed by atoms with E-state index in [-0.39, 0.29) is 10.8 Å². The van der Waals surface area contributed by atoms with Gasteiger partial charge in [-0.05, 0) is 138 Å². The molecule has 0 unspecified atom stereocenters. The molecule has 0 saturated heterocycles. The van der Waals surface area contributed by atoms with Crippen LogP contribution < -0.4 is 4.90 Å². The Kier molecular flexibility index (Phi) is 7.38. The molecule has 0 aliphatic heterocycles. The van der Waals surface area contributed by atoms with E-state index in [2.05, 4.69) is 219 Å². The third-order valence-electron chi connectivity index (χ3n) is 13.8. The van der Waals surface area contributed by atoms with Crippen LogP contribution in [0.15, 0.2) is 206 Å². The fourth-order valence-electron chi connectivity index (χ4n) is 11.2. The molecule has 1 heteroatoms. The highest BCUT2D eigenvalue weighted by molar-refractivity contribution is 6.01. The summed E-state index contributed by atoms with van der Waals surface area (Å²) >= 11 is 0. The van der Waals surface area contributed by atoms with Crippen molar-refractivity contribution in [3.63, 3.8) is 0 Å². The smallest absolute Gasteiger partial charge is 0.0688 e. The molecule has 0 radical (unpaired) electrons. The van der Waals surface area contributed by atoms with Gasteiger partial charge in [-0.1, -0.05) is 178 Å². The highest BCUT2D eigenvalue weighted by Crippen LogP contribution is 2.64. The Morgan fingerprint density at radius 3 is 1.59 bits per heavy atom. The van der Waals surface area contributed by atoms with E-state index in [1.165, 1.54) is 83.5 Å². The minimum absolute atomic E-state index is 0.0961. The van der Waals surface area contributed by atoms with Crippen LogP contribution in [0.3, 0.4) is 0 Å². The van der Waals surface area contributed by atoms with Crippen molar-refractivity contribution in [3.05, 3.63) is 239 Å². The SMILES string of the molecule is CC1(C)c2ccccc2-c2ccc(N(c3ccc(-c4ccccc4)cc3)c3ccc(-c4cccc5c4C4=C(CCC=C4)C54c5ccccc5-c5ccccc54)cc3)cc21. The summed E-state index contributed by atoms with van der Waals surface area (Å²) in [6.07, 6.45) is 6.92. The highest BCUT2D eigenvalue weighted by atomic mass is 15.1. The zero-order valence-corrected chi connectivity index (χ0v) is 33.4.